The molecule has 148 valence electrons. The van der Waals surface area contributed by atoms with E-state index in [2.05, 4.69) is 47.2 Å². The van der Waals surface area contributed by atoms with Crippen LogP contribution in [-0.2, 0) is 4.74 Å². The van der Waals surface area contributed by atoms with Crippen molar-refractivity contribution in [1.82, 2.24) is 15.2 Å². The molecule has 1 atom stereocenters. The molecule has 0 radical (unpaired) electrons. The van der Waals surface area contributed by atoms with Gasteiger partial charge in [-0.25, -0.2) is 0 Å². The lowest BCUT2D eigenvalue weighted by molar-refractivity contribution is 0.0625. The molecule has 2 heterocycles. The van der Waals surface area contributed by atoms with Gasteiger partial charge in [0.2, 0.25) is 0 Å². The summed E-state index contributed by atoms with van der Waals surface area (Å²) in [5.74, 6) is 2.73. The van der Waals surface area contributed by atoms with Crippen molar-refractivity contribution in [1.29, 1.82) is 0 Å². The van der Waals surface area contributed by atoms with Crippen LogP contribution < -0.4 is 5.32 Å². The van der Waals surface area contributed by atoms with Gasteiger partial charge in [-0.2, -0.15) is 0 Å². The highest BCUT2D eigenvalue weighted by Gasteiger charge is 2.18. The van der Waals surface area contributed by atoms with Crippen molar-refractivity contribution in [2.75, 3.05) is 40.4 Å². The summed E-state index contributed by atoms with van der Waals surface area (Å²) in [6, 6.07) is 4.18. The van der Waals surface area contributed by atoms with E-state index in [4.69, 9.17) is 4.74 Å². The molecule has 0 spiro atoms. The second-order valence-corrected chi connectivity index (χ2v) is 7.33. The van der Waals surface area contributed by atoms with E-state index in [0.29, 0.717) is 11.8 Å². The molecule has 1 aromatic rings. The molecule has 1 unspecified atom stereocenters. The Morgan fingerprint density at radius 2 is 2.12 bits per heavy atom. The first-order chi connectivity index (χ1) is 12.1. The lowest BCUT2D eigenvalue weighted by Crippen LogP contribution is -2.42. The topological polar surface area (TPSA) is 49.8 Å². The van der Waals surface area contributed by atoms with Gasteiger partial charge in [0, 0.05) is 58.7 Å². The zero-order valence-electron chi connectivity index (χ0n) is 16.6. The number of aromatic nitrogens is 1. The lowest BCUT2D eigenvalue weighted by Gasteiger charge is -2.28. The van der Waals surface area contributed by atoms with Crippen LogP contribution in [-0.4, -0.2) is 56.2 Å². The Morgan fingerprint density at radius 3 is 2.69 bits per heavy atom. The minimum absolute atomic E-state index is 0. The number of hydrogen-bond donors (Lipinski definition) is 1. The third-order valence-corrected chi connectivity index (χ3v) is 5.18. The fourth-order valence-corrected chi connectivity index (χ4v) is 3.44. The van der Waals surface area contributed by atoms with Gasteiger partial charge in [-0.3, -0.25) is 9.98 Å². The fourth-order valence-electron chi connectivity index (χ4n) is 3.44. The van der Waals surface area contributed by atoms with E-state index in [1.165, 1.54) is 24.8 Å². The van der Waals surface area contributed by atoms with Gasteiger partial charge < -0.3 is 15.0 Å². The first-order valence-electron chi connectivity index (χ1n) is 9.51. The number of rotatable bonds is 7. The maximum Gasteiger partial charge on any atom is 0.193 e. The van der Waals surface area contributed by atoms with Crippen LogP contribution in [0, 0.1) is 11.8 Å². The molecule has 0 saturated carbocycles. The van der Waals surface area contributed by atoms with Gasteiger partial charge in [0.25, 0.3) is 0 Å². The van der Waals surface area contributed by atoms with Gasteiger partial charge in [-0.15, -0.1) is 24.0 Å². The van der Waals surface area contributed by atoms with Crippen LogP contribution in [0.2, 0.25) is 0 Å². The average Bonchev–Trinajstić information content (AvgIpc) is 2.64. The maximum absolute atomic E-state index is 5.45. The molecule has 2 rings (SSSR count). The van der Waals surface area contributed by atoms with Gasteiger partial charge in [0.05, 0.1) is 0 Å². The smallest absolute Gasteiger partial charge is 0.193 e. The van der Waals surface area contributed by atoms with Crippen LogP contribution in [0.15, 0.2) is 29.5 Å². The fraction of sp³-hybridized carbons (Fsp3) is 0.700. The Morgan fingerprint density at radius 1 is 1.38 bits per heavy atom. The van der Waals surface area contributed by atoms with Gasteiger partial charge in [-0.05, 0) is 42.7 Å². The first kappa shape index (κ1) is 23.1. The van der Waals surface area contributed by atoms with Crippen molar-refractivity contribution in [3.05, 3.63) is 30.1 Å². The highest BCUT2D eigenvalue weighted by Crippen LogP contribution is 2.23. The molecule has 1 aliphatic rings. The molecular formula is C20H35IN4O. The summed E-state index contributed by atoms with van der Waals surface area (Å²) < 4.78 is 5.45. The van der Waals surface area contributed by atoms with E-state index in [1.54, 1.807) is 0 Å². The van der Waals surface area contributed by atoms with Crippen molar-refractivity contribution in [2.24, 2.45) is 16.8 Å². The number of pyridine rings is 1. The summed E-state index contributed by atoms with van der Waals surface area (Å²) in [6.07, 6.45) is 7.39. The first-order valence-corrected chi connectivity index (χ1v) is 9.51. The molecule has 6 heteroatoms. The molecule has 0 aliphatic carbocycles. The summed E-state index contributed by atoms with van der Waals surface area (Å²) in [6.45, 7) is 8.26. The number of guanidine groups is 1. The Bertz CT molecular complexity index is 518. The summed E-state index contributed by atoms with van der Waals surface area (Å²) in [5.41, 5.74) is 1.28. The van der Waals surface area contributed by atoms with Crippen molar-refractivity contribution in [3.8, 4) is 0 Å². The van der Waals surface area contributed by atoms with Crippen LogP contribution in [0.4, 0.5) is 0 Å². The average molecular weight is 474 g/mol. The summed E-state index contributed by atoms with van der Waals surface area (Å²) in [5, 5.41) is 3.56. The number of ether oxygens (including phenoxy) is 1. The van der Waals surface area contributed by atoms with Crippen LogP contribution in [0.25, 0.3) is 0 Å². The number of hydrogen-bond acceptors (Lipinski definition) is 3. The zero-order chi connectivity index (χ0) is 18.1. The molecule has 1 N–H and O–H groups in total. The molecule has 1 aliphatic heterocycles. The SMILES string of the molecule is CN=C(NCC(c1cccnc1)C(C)C)N(C)CCC1CCOCC1.I. The van der Waals surface area contributed by atoms with Crippen molar-refractivity contribution in [2.45, 2.75) is 39.0 Å². The van der Waals surface area contributed by atoms with Gasteiger partial charge >= 0.3 is 0 Å². The molecule has 0 bridgehead atoms. The lowest BCUT2D eigenvalue weighted by atomic mass is 9.89. The van der Waals surface area contributed by atoms with E-state index < -0.39 is 0 Å². The van der Waals surface area contributed by atoms with Gasteiger partial charge in [0.15, 0.2) is 5.96 Å². The van der Waals surface area contributed by atoms with E-state index in [0.717, 1.165) is 38.2 Å². The quantitative estimate of drug-likeness (QED) is 0.372. The molecular weight excluding hydrogens is 439 g/mol. The largest absolute Gasteiger partial charge is 0.381 e. The standard InChI is InChI=1S/C20H34N4O.HI/c1-16(2)19(18-6-5-10-22-14-18)15-23-20(21-3)24(4)11-7-17-8-12-25-13-9-17;/h5-6,10,14,16-17,19H,7-9,11-13,15H2,1-4H3,(H,21,23);1H. The van der Waals surface area contributed by atoms with E-state index in [-0.39, 0.29) is 24.0 Å². The minimum Gasteiger partial charge on any atom is -0.381 e. The maximum atomic E-state index is 5.45. The Kier molecular flexibility index (Phi) is 11.1. The predicted molar refractivity (Wildman–Crippen MR) is 119 cm³/mol. The third-order valence-electron chi connectivity index (χ3n) is 5.18. The number of aliphatic imine (C=N–C) groups is 1. The number of nitrogens with zero attached hydrogens (tertiary/aromatic N) is 3. The van der Waals surface area contributed by atoms with Crippen LogP contribution in [0.1, 0.15) is 44.6 Å². The van der Waals surface area contributed by atoms with E-state index >= 15 is 0 Å². The normalized spacial score (nSPS) is 16.9. The molecule has 26 heavy (non-hydrogen) atoms. The predicted octanol–water partition coefficient (Wildman–Crippen LogP) is 3.76. The molecule has 1 fully saturated rings. The van der Waals surface area contributed by atoms with Gasteiger partial charge in [-0.1, -0.05) is 19.9 Å². The highest BCUT2D eigenvalue weighted by molar-refractivity contribution is 14.0. The second kappa shape index (κ2) is 12.5. The second-order valence-electron chi connectivity index (χ2n) is 7.33. The van der Waals surface area contributed by atoms with Crippen molar-refractivity contribution in [3.63, 3.8) is 0 Å². The Hall–Kier alpha value is -0.890. The molecule has 0 aromatic carbocycles. The van der Waals surface area contributed by atoms with Gasteiger partial charge in [0.1, 0.15) is 0 Å². The van der Waals surface area contributed by atoms with Crippen LogP contribution in [0.3, 0.4) is 0 Å². The van der Waals surface area contributed by atoms with Crippen LogP contribution in [0.5, 0.6) is 0 Å². The monoisotopic (exact) mass is 474 g/mol. The molecule has 0 amide bonds. The molecule has 5 nitrogen and oxygen atoms in total. The van der Waals surface area contributed by atoms with Crippen molar-refractivity contribution >= 4 is 29.9 Å². The van der Waals surface area contributed by atoms with E-state index in [1.807, 2.05) is 25.5 Å². The van der Waals surface area contributed by atoms with Crippen molar-refractivity contribution < 1.29 is 4.74 Å². The third kappa shape index (κ3) is 7.39. The summed E-state index contributed by atoms with van der Waals surface area (Å²) in [4.78, 5) is 11.0. The highest BCUT2D eigenvalue weighted by atomic mass is 127. The van der Waals surface area contributed by atoms with Crippen LogP contribution >= 0.6 is 24.0 Å². The number of nitrogens with one attached hydrogen (secondary N) is 1. The molecule has 1 saturated heterocycles. The Labute approximate surface area is 176 Å². The zero-order valence-corrected chi connectivity index (χ0v) is 19.0. The summed E-state index contributed by atoms with van der Waals surface area (Å²) in [7, 11) is 3.99. The summed E-state index contributed by atoms with van der Waals surface area (Å²) >= 11 is 0. The van der Waals surface area contributed by atoms with E-state index in [9.17, 15) is 0 Å². The Balaban J connectivity index is 0.00000338. The minimum atomic E-state index is 0. The number of halogens is 1. The molecule has 1 aromatic heterocycles.